The maximum absolute atomic E-state index is 13.1. The second kappa shape index (κ2) is 9.34. The molecule has 0 aliphatic carbocycles. The molecule has 0 fully saturated rings. The summed E-state index contributed by atoms with van der Waals surface area (Å²) in [6.07, 6.45) is -2.00. The van der Waals surface area contributed by atoms with Crippen LogP contribution in [0, 0.1) is 0 Å². The van der Waals surface area contributed by atoms with Crippen molar-refractivity contribution in [3.05, 3.63) is 101 Å². The second-order valence-electron chi connectivity index (χ2n) is 8.43. The van der Waals surface area contributed by atoms with Gasteiger partial charge in [0.1, 0.15) is 6.33 Å². The van der Waals surface area contributed by atoms with E-state index in [9.17, 15) is 18.0 Å². The van der Waals surface area contributed by atoms with Gasteiger partial charge >= 0.3 is 6.18 Å². The molecule has 1 aromatic heterocycles. The normalized spacial score (nSPS) is 13.9. The first-order valence-electron chi connectivity index (χ1n) is 11.1. The van der Waals surface area contributed by atoms with Crippen molar-refractivity contribution in [2.45, 2.75) is 25.7 Å². The summed E-state index contributed by atoms with van der Waals surface area (Å²) in [6, 6.07) is 17.6. The van der Waals surface area contributed by atoms with E-state index in [-0.39, 0.29) is 5.91 Å². The lowest BCUT2D eigenvalue weighted by Crippen LogP contribution is -2.30. The molecule has 0 radical (unpaired) electrons. The monoisotopic (exact) mass is 477 g/mol. The lowest BCUT2D eigenvalue weighted by Gasteiger charge is -2.28. The molecule has 0 bridgehead atoms. The molecule has 5 rings (SSSR count). The lowest BCUT2D eigenvalue weighted by atomic mass is 9.97. The van der Waals surface area contributed by atoms with Crippen molar-refractivity contribution in [1.82, 2.24) is 20.1 Å². The fraction of sp³-hybridized carbons (Fsp3) is 0.192. The minimum Gasteiger partial charge on any atom is -0.322 e. The van der Waals surface area contributed by atoms with Crippen LogP contribution in [0.5, 0.6) is 0 Å². The van der Waals surface area contributed by atoms with Crippen molar-refractivity contribution < 1.29 is 18.0 Å². The number of benzene rings is 3. The molecule has 1 aliphatic rings. The fourth-order valence-corrected chi connectivity index (χ4v) is 4.31. The number of carbonyl (C=O) groups is 1. The van der Waals surface area contributed by atoms with Crippen LogP contribution >= 0.6 is 0 Å². The fourth-order valence-electron chi connectivity index (χ4n) is 4.31. The van der Waals surface area contributed by atoms with Gasteiger partial charge in [0.2, 0.25) is 0 Å². The first-order chi connectivity index (χ1) is 16.9. The minimum absolute atomic E-state index is 0.317. The number of H-pyrrole nitrogens is 1. The number of amides is 1. The van der Waals surface area contributed by atoms with Crippen molar-refractivity contribution in [3.8, 4) is 11.1 Å². The van der Waals surface area contributed by atoms with E-state index in [2.05, 4.69) is 25.4 Å². The number of halogens is 3. The molecular formula is C26H22F3N5O. The number of hydrogen-bond donors (Lipinski definition) is 2. The second-order valence-corrected chi connectivity index (χ2v) is 8.43. The predicted molar refractivity (Wildman–Crippen MR) is 125 cm³/mol. The number of alkyl halides is 3. The van der Waals surface area contributed by atoms with E-state index in [0.29, 0.717) is 28.9 Å². The van der Waals surface area contributed by atoms with Crippen LogP contribution in [0.3, 0.4) is 0 Å². The topological polar surface area (TPSA) is 73.9 Å². The molecule has 4 aromatic rings. The third-order valence-corrected chi connectivity index (χ3v) is 6.08. The van der Waals surface area contributed by atoms with E-state index in [1.54, 1.807) is 30.6 Å². The molecule has 0 saturated heterocycles. The minimum atomic E-state index is -4.41. The highest BCUT2D eigenvalue weighted by molar-refractivity contribution is 6.08. The van der Waals surface area contributed by atoms with Crippen molar-refractivity contribution in [2.24, 2.45) is 0 Å². The Bertz CT molecular complexity index is 1330. The van der Waals surface area contributed by atoms with Crippen LogP contribution < -0.4 is 5.32 Å². The molecule has 1 amide bonds. The van der Waals surface area contributed by atoms with Gasteiger partial charge < -0.3 is 5.32 Å². The van der Waals surface area contributed by atoms with Gasteiger partial charge in [-0.05, 0) is 59.0 Å². The van der Waals surface area contributed by atoms with Crippen molar-refractivity contribution >= 4 is 11.6 Å². The number of nitrogens with one attached hydrogen (secondary N) is 2. The van der Waals surface area contributed by atoms with Crippen molar-refractivity contribution in [1.29, 1.82) is 0 Å². The van der Waals surface area contributed by atoms with E-state index in [4.69, 9.17) is 0 Å². The summed E-state index contributed by atoms with van der Waals surface area (Å²) in [5.41, 5.74) is 3.82. The first kappa shape index (κ1) is 22.8. The molecule has 0 saturated carbocycles. The summed E-state index contributed by atoms with van der Waals surface area (Å²) >= 11 is 0. The summed E-state index contributed by atoms with van der Waals surface area (Å²) in [5.74, 6) is 0.437. The van der Waals surface area contributed by atoms with Crippen LogP contribution in [0.4, 0.5) is 18.9 Å². The number of carbonyl (C=O) groups excluding carboxylic acids is 1. The van der Waals surface area contributed by atoms with Gasteiger partial charge in [0.05, 0.1) is 12.1 Å². The van der Waals surface area contributed by atoms with E-state index in [1.165, 1.54) is 23.3 Å². The Morgan fingerprint density at radius 3 is 2.57 bits per heavy atom. The third-order valence-electron chi connectivity index (χ3n) is 6.08. The number of aromatic amines is 1. The lowest BCUT2D eigenvalue weighted by molar-refractivity contribution is -0.137. The van der Waals surface area contributed by atoms with Crippen LogP contribution in [-0.4, -0.2) is 32.5 Å². The first-order valence-corrected chi connectivity index (χ1v) is 11.1. The molecule has 0 unspecified atom stereocenters. The highest BCUT2D eigenvalue weighted by Gasteiger charge is 2.30. The van der Waals surface area contributed by atoms with Gasteiger partial charge in [-0.3, -0.25) is 14.8 Å². The van der Waals surface area contributed by atoms with Crippen LogP contribution in [0.2, 0.25) is 0 Å². The molecule has 178 valence electrons. The van der Waals surface area contributed by atoms with Gasteiger partial charge in [-0.1, -0.05) is 36.4 Å². The SMILES string of the molecule is O=C(Nc1ccc2c(c1)CCN(Cc1nc[nH]n1)C2)c1ccccc1-c1ccc(C(F)(F)F)cc1. The number of nitrogens with zero attached hydrogens (tertiary/aromatic N) is 3. The number of hydrogen-bond acceptors (Lipinski definition) is 4. The summed E-state index contributed by atoms with van der Waals surface area (Å²) in [7, 11) is 0. The molecule has 35 heavy (non-hydrogen) atoms. The van der Waals surface area contributed by atoms with Crippen molar-refractivity contribution in [3.63, 3.8) is 0 Å². The zero-order valence-corrected chi connectivity index (χ0v) is 18.6. The summed E-state index contributed by atoms with van der Waals surface area (Å²) in [4.78, 5) is 19.6. The van der Waals surface area contributed by atoms with Gasteiger partial charge in [0.15, 0.2) is 5.82 Å². The van der Waals surface area contributed by atoms with Crippen LogP contribution in [-0.2, 0) is 25.7 Å². The summed E-state index contributed by atoms with van der Waals surface area (Å²) in [6.45, 7) is 2.30. The van der Waals surface area contributed by atoms with E-state index in [1.807, 2.05) is 18.2 Å². The van der Waals surface area contributed by atoms with E-state index in [0.717, 1.165) is 37.5 Å². The number of fused-ring (bicyclic) bond motifs is 1. The molecule has 0 spiro atoms. The summed E-state index contributed by atoms with van der Waals surface area (Å²) < 4.78 is 38.8. The molecule has 2 N–H and O–H groups in total. The molecule has 2 heterocycles. The average Bonchev–Trinajstić information content (AvgIpc) is 3.37. The van der Waals surface area contributed by atoms with E-state index >= 15 is 0 Å². The highest BCUT2D eigenvalue weighted by atomic mass is 19.4. The smallest absolute Gasteiger partial charge is 0.322 e. The van der Waals surface area contributed by atoms with Crippen LogP contribution in [0.15, 0.2) is 73.1 Å². The molecular weight excluding hydrogens is 455 g/mol. The molecule has 6 nitrogen and oxygen atoms in total. The van der Waals surface area contributed by atoms with Gasteiger partial charge in [-0.2, -0.15) is 18.3 Å². The van der Waals surface area contributed by atoms with Crippen LogP contribution in [0.25, 0.3) is 11.1 Å². The van der Waals surface area contributed by atoms with Crippen LogP contribution in [0.1, 0.15) is 32.9 Å². The quantitative estimate of drug-likeness (QED) is 0.409. The third kappa shape index (κ3) is 5.09. The Balaban J connectivity index is 1.31. The van der Waals surface area contributed by atoms with E-state index < -0.39 is 11.7 Å². The Morgan fingerprint density at radius 2 is 1.83 bits per heavy atom. The molecule has 0 atom stereocenters. The Hall–Kier alpha value is -3.98. The van der Waals surface area contributed by atoms with Crippen molar-refractivity contribution in [2.75, 3.05) is 11.9 Å². The molecule has 9 heteroatoms. The average molecular weight is 477 g/mol. The van der Waals surface area contributed by atoms with Gasteiger partial charge in [0, 0.05) is 24.3 Å². The van der Waals surface area contributed by atoms with Gasteiger partial charge in [-0.25, -0.2) is 4.98 Å². The number of anilines is 1. The number of aromatic nitrogens is 3. The van der Waals surface area contributed by atoms with Gasteiger partial charge in [-0.15, -0.1) is 0 Å². The standard InChI is InChI=1S/C26H22F3N5O/c27-26(28,29)20-8-5-17(6-9-20)22-3-1-2-4-23(22)25(35)32-21-10-7-19-14-34(12-11-18(19)13-21)15-24-30-16-31-33-24/h1-10,13,16H,11-12,14-15H2,(H,32,35)(H,30,31,33). The highest BCUT2D eigenvalue weighted by Crippen LogP contribution is 2.32. The van der Waals surface area contributed by atoms with Gasteiger partial charge in [0.25, 0.3) is 5.91 Å². The summed E-state index contributed by atoms with van der Waals surface area (Å²) in [5, 5.41) is 9.78. The molecule has 1 aliphatic heterocycles. The Morgan fingerprint density at radius 1 is 1.03 bits per heavy atom. The maximum atomic E-state index is 13.1. The Labute approximate surface area is 199 Å². The molecule has 3 aromatic carbocycles. The zero-order chi connectivity index (χ0) is 24.4. The predicted octanol–water partition coefficient (Wildman–Crippen LogP) is 5.30. The largest absolute Gasteiger partial charge is 0.416 e. The Kier molecular flexibility index (Phi) is 6.08. The number of rotatable bonds is 5. The maximum Gasteiger partial charge on any atom is 0.416 e. The zero-order valence-electron chi connectivity index (χ0n) is 18.6.